The molecule has 0 N–H and O–H groups in total. The highest BCUT2D eigenvalue weighted by Crippen LogP contribution is 2.38. The van der Waals surface area contributed by atoms with Crippen LogP contribution in [0.25, 0.3) is 11.1 Å². The number of carbonyl (C=O) groups is 1. The van der Waals surface area contributed by atoms with Crippen molar-refractivity contribution in [2.75, 3.05) is 20.8 Å². The highest BCUT2D eigenvalue weighted by Gasteiger charge is 2.28. The van der Waals surface area contributed by atoms with Gasteiger partial charge in [0.1, 0.15) is 5.82 Å². The van der Waals surface area contributed by atoms with Crippen LogP contribution in [0, 0.1) is 5.82 Å². The van der Waals surface area contributed by atoms with Crippen LogP contribution < -0.4 is 4.74 Å². The van der Waals surface area contributed by atoms with Gasteiger partial charge in [0.2, 0.25) is 5.88 Å². The number of hydrogen-bond donors (Lipinski definition) is 0. The van der Waals surface area contributed by atoms with Crippen molar-refractivity contribution in [1.29, 1.82) is 0 Å². The number of hydrogen-bond acceptors (Lipinski definition) is 5. The molecule has 26 heavy (non-hydrogen) atoms. The summed E-state index contributed by atoms with van der Waals surface area (Å²) in [6.45, 7) is 6.06. The van der Waals surface area contributed by atoms with Gasteiger partial charge in [0.05, 0.1) is 31.6 Å². The van der Waals surface area contributed by atoms with Crippen LogP contribution in [0.1, 0.15) is 48.3 Å². The van der Waals surface area contributed by atoms with Gasteiger partial charge in [0.15, 0.2) is 0 Å². The van der Waals surface area contributed by atoms with Crippen molar-refractivity contribution in [2.24, 2.45) is 0 Å². The summed E-state index contributed by atoms with van der Waals surface area (Å²) in [7, 11) is 3.07. The molecule has 0 saturated carbocycles. The number of methoxy groups -OCH3 is 2. The van der Waals surface area contributed by atoms with Crippen molar-refractivity contribution in [3.63, 3.8) is 0 Å². The Morgan fingerprint density at radius 3 is 2.35 bits per heavy atom. The van der Waals surface area contributed by atoms with E-state index in [0.717, 1.165) is 0 Å². The quantitative estimate of drug-likeness (QED) is 0.687. The summed E-state index contributed by atoms with van der Waals surface area (Å²) < 4.78 is 29.5. The Kier molecular flexibility index (Phi) is 6.69. The fraction of sp³-hybridized carbons (Fsp3) is 0.400. The lowest BCUT2D eigenvalue weighted by Gasteiger charge is -2.21. The van der Waals surface area contributed by atoms with E-state index in [1.165, 1.54) is 19.2 Å². The molecular formula is C20H24FNO4. The van der Waals surface area contributed by atoms with E-state index in [4.69, 9.17) is 14.2 Å². The molecule has 0 atom stereocenters. The Morgan fingerprint density at radius 2 is 1.85 bits per heavy atom. The number of aromatic nitrogens is 1. The van der Waals surface area contributed by atoms with Gasteiger partial charge in [-0.25, -0.2) is 14.2 Å². The molecule has 1 heterocycles. The van der Waals surface area contributed by atoms with Crippen LogP contribution in [-0.2, 0) is 16.1 Å². The Labute approximate surface area is 153 Å². The molecule has 5 nitrogen and oxygen atoms in total. The van der Waals surface area contributed by atoms with Crippen LogP contribution in [0.3, 0.4) is 0 Å². The molecule has 0 spiro atoms. The van der Waals surface area contributed by atoms with Gasteiger partial charge >= 0.3 is 5.97 Å². The van der Waals surface area contributed by atoms with E-state index < -0.39 is 5.97 Å². The normalized spacial score (nSPS) is 10.9. The van der Waals surface area contributed by atoms with Crippen molar-refractivity contribution in [2.45, 2.75) is 33.3 Å². The Bertz CT molecular complexity index is 772. The van der Waals surface area contributed by atoms with E-state index in [9.17, 15) is 9.18 Å². The lowest BCUT2D eigenvalue weighted by atomic mass is 9.91. The molecule has 0 fully saturated rings. The number of nitrogens with zero attached hydrogens (tertiary/aromatic N) is 1. The lowest BCUT2D eigenvalue weighted by Crippen LogP contribution is -2.16. The smallest absolute Gasteiger partial charge is 0.340 e. The molecule has 2 aromatic rings. The predicted molar refractivity (Wildman–Crippen MR) is 96.9 cm³/mol. The van der Waals surface area contributed by atoms with Crippen LogP contribution in [0.4, 0.5) is 4.39 Å². The fourth-order valence-electron chi connectivity index (χ4n) is 2.83. The third-order valence-corrected chi connectivity index (χ3v) is 3.93. The predicted octanol–water partition coefficient (Wildman–Crippen LogP) is 4.34. The minimum atomic E-state index is -0.469. The second-order valence-electron chi connectivity index (χ2n) is 6.05. The third kappa shape index (κ3) is 4.02. The van der Waals surface area contributed by atoms with Crippen molar-refractivity contribution in [3.05, 3.63) is 46.9 Å². The minimum Gasteiger partial charge on any atom is -0.481 e. The summed E-state index contributed by atoms with van der Waals surface area (Å²) in [4.78, 5) is 17.3. The number of carbonyl (C=O) groups excluding carboxylic acids is 1. The maximum atomic E-state index is 13.4. The van der Waals surface area contributed by atoms with Crippen LogP contribution in [0.15, 0.2) is 24.3 Å². The molecule has 0 aliphatic carbocycles. The zero-order valence-electron chi connectivity index (χ0n) is 15.8. The van der Waals surface area contributed by atoms with Gasteiger partial charge in [-0.15, -0.1) is 0 Å². The third-order valence-electron chi connectivity index (χ3n) is 3.93. The lowest BCUT2D eigenvalue weighted by molar-refractivity contribution is 0.0524. The maximum absolute atomic E-state index is 13.4. The highest BCUT2D eigenvalue weighted by atomic mass is 19.1. The first-order chi connectivity index (χ1) is 12.4. The average Bonchev–Trinajstić information content (AvgIpc) is 2.62. The van der Waals surface area contributed by atoms with Gasteiger partial charge in [0.25, 0.3) is 0 Å². The molecule has 0 aliphatic heterocycles. The van der Waals surface area contributed by atoms with Crippen molar-refractivity contribution < 1.29 is 23.4 Å². The molecule has 140 valence electrons. The Balaban J connectivity index is 2.90. The standard InChI is InChI=1S/C20H24FNO4/c1-6-26-20(23)17-16(13-7-9-14(21)10-8-13)15(11-24-4)19(25-5)22-18(17)12(2)3/h7-10,12H,6,11H2,1-5H3. The van der Waals surface area contributed by atoms with Gasteiger partial charge in [-0.2, -0.15) is 0 Å². The van der Waals surface area contributed by atoms with Crippen LogP contribution >= 0.6 is 0 Å². The molecule has 2 rings (SSSR count). The molecule has 6 heteroatoms. The van der Waals surface area contributed by atoms with Crippen molar-refractivity contribution in [1.82, 2.24) is 4.98 Å². The molecular weight excluding hydrogens is 337 g/mol. The highest BCUT2D eigenvalue weighted by molar-refractivity contribution is 6.00. The largest absolute Gasteiger partial charge is 0.481 e. The van der Waals surface area contributed by atoms with Gasteiger partial charge in [-0.3, -0.25) is 0 Å². The topological polar surface area (TPSA) is 57.7 Å². The van der Waals surface area contributed by atoms with Gasteiger partial charge in [0, 0.05) is 18.2 Å². The summed E-state index contributed by atoms with van der Waals surface area (Å²) in [5.41, 5.74) is 2.82. The van der Waals surface area contributed by atoms with E-state index in [1.54, 1.807) is 26.2 Å². The van der Waals surface area contributed by atoms with Crippen molar-refractivity contribution in [3.8, 4) is 17.0 Å². The zero-order valence-corrected chi connectivity index (χ0v) is 15.8. The molecule has 0 radical (unpaired) electrons. The molecule has 1 aromatic carbocycles. The van der Waals surface area contributed by atoms with E-state index in [0.29, 0.717) is 33.8 Å². The number of pyridine rings is 1. The molecule has 0 aliphatic rings. The first-order valence-electron chi connectivity index (χ1n) is 8.47. The maximum Gasteiger partial charge on any atom is 0.340 e. The monoisotopic (exact) mass is 361 g/mol. The molecule has 0 saturated heterocycles. The first kappa shape index (κ1) is 19.8. The summed E-state index contributed by atoms with van der Waals surface area (Å²) >= 11 is 0. The first-order valence-corrected chi connectivity index (χ1v) is 8.47. The second kappa shape index (κ2) is 8.76. The Hall–Kier alpha value is -2.47. The van der Waals surface area contributed by atoms with E-state index >= 15 is 0 Å². The summed E-state index contributed by atoms with van der Waals surface area (Å²) in [5.74, 6) is -0.491. The second-order valence-corrected chi connectivity index (χ2v) is 6.05. The molecule has 1 aromatic heterocycles. The van der Waals surface area contributed by atoms with Crippen LogP contribution in [0.5, 0.6) is 5.88 Å². The number of benzene rings is 1. The number of esters is 1. The minimum absolute atomic E-state index is 0.0425. The Morgan fingerprint density at radius 1 is 1.19 bits per heavy atom. The molecule has 0 bridgehead atoms. The number of rotatable bonds is 7. The fourth-order valence-corrected chi connectivity index (χ4v) is 2.83. The average molecular weight is 361 g/mol. The summed E-state index contributed by atoms with van der Waals surface area (Å²) in [5, 5.41) is 0. The summed E-state index contributed by atoms with van der Waals surface area (Å²) in [6, 6.07) is 5.94. The van der Waals surface area contributed by atoms with E-state index in [-0.39, 0.29) is 24.9 Å². The van der Waals surface area contributed by atoms with Gasteiger partial charge < -0.3 is 14.2 Å². The zero-order chi connectivity index (χ0) is 19.3. The summed E-state index contributed by atoms with van der Waals surface area (Å²) in [6.07, 6.45) is 0. The van der Waals surface area contributed by atoms with Crippen LogP contribution in [-0.4, -0.2) is 31.8 Å². The van der Waals surface area contributed by atoms with Gasteiger partial charge in [-0.05, 0) is 30.5 Å². The van der Waals surface area contributed by atoms with E-state index in [1.807, 2.05) is 13.8 Å². The SMILES string of the molecule is CCOC(=O)c1c(C(C)C)nc(OC)c(COC)c1-c1ccc(F)cc1. The molecule has 0 amide bonds. The molecule has 0 unspecified atom stereocenters. The van der Waals surface area contributed by atoms with Crippen molar-refractivity contribution >= 4 is 5.97 Å². The number of ether oxygens (including phenoxy) is 3. The van der Waals surface area contributed by atoms with Gasteiger partial charge in [-0.1, -0.05) is 26.0 Å². The number of halogens is 1. The van der Waals surface area contributed by atoms with Crippen LogP contribution in [0.2, 0.25) is 0 Å². The van der Waals surface area contributed by atoms with E-state index in [2.05, 4.69) is 4.98 Å².